The summed E-state index contributed by atoms with van der Waals surface area (Å²) in [5.74, 6) is -3.09. The second-order valence-corrected chi connectivity index (χ2v) is 9.03. The Morgan fingerprint density at radius 3 is 2.61 bits per heavy atom. The molecule has 164 valence electrons. The number of nitrogens with two attached hydrogens (primary N) is 1. The Balaban J connectivity index is 1.66. The number of carbonyl (C=O) groups is 1. The van der Waals surface area contributed by atoms with Crippen LogP contribution in [0.3, 0.4) is 0 Å². The molecule has 0 radical (unpaired) electrons. The van der Waals surface area contributed by atoms with Crippen molar-refractivity contribution < 1.29 is 22.7 Å². The highest BCUT2D eigenvalue weighted by atomic mass is 32.2. The van der Waals surface area contributed by atoms with Crippen molar-refractivity contribution in [3.05, 3.63) is 53.6 Å². The van der Waals surface area contributed by atoms with E-state index in [1.807, 2.05) is 0 Å². The van der Waals surface area contributed by atoms with E-state index in [1.165, 1.54) is 49.3 Å². The van der Waals surface area contributed by atoms with Gasteiger partial charge in [0.1, 0.15) is 17.3 Å². The van der Waals surface area contributed by atoms with Crippen molar-refractivity contribution in [2.45, 2.75) is 31.2 Å². The first-order chi connectivity index (χ1) is 14.6. The fourth-order valence-electron chi connectivity index (χ4n) is 4.26. The second-order valence-electron chi connectivity index (χ2n) is 8.03. The number of carbonyl (C=O) groups excluding carboxylic acids is 1. The van der Waals surface area contributed by atoms with Gasteiger partial charge in [-0.15, -0.1) is 0 Å². The van der Waals surface area contributed by atoms with Crippen LogP contribution in [0.1, 0.15) is 35.8 Å². The third kappa shape index (κ3) is 3.73. The summed E-state index contributed by atoms with van der Waals surface area (Å²) in [6.45, 7) is 1.63. The van der Waals surface area contributed by atoms with Crippen LogP contribution in [0.4, 0.5) is 18.9 Å². The smallest absolute Gasteiger partial charge is 0.274 e. The first kappa shape index (κ1) is 21.5. The third-order valence-corrected chi connectivity index (χ3v) is 7.09. The van der Waals surface area contributed by atoms with Gasteiger partial charge in [0.05, 0.1) is 18.8 Å². The fraction of sp³-hybridized carbons (Fsp3) is 0.381. The summed E-state index contributed by atoms with van der Waals surface area (Å²) >= 11 is 1.20. The number of pyridine rings is 1. The normalized spacial score (nSPS) is 23.6. The molecular weight excluding hydrogens is 429 g/mol. The van der Waals surface area contributed by atoms with Crippen molar-refractivity contribution in [1.29, 1.82) is 0 Å². The van der Waals surface area contributed by atoms with Crippen LogP contribution in [-0.4, -0.2) is 34.8 Å². The van der Waals surface area contributed by atoms with Gasteiger partial charge in [-0.1, -0.05) is 11.8 Å². The lowest BCUT2D eigenvalue weighted by Gasteiger charge is -2.57. The van der Waals surface area contributed by atoms with E-state index >= 15 is 0 Å². The minimum absolute atomic E-state index is 0.117. The molecule has 1 amide bonds. The average molecular weight is 450 g/mol. The largest absolute Gasteiger partial charge is 0.495 e. The van der Waals surface area contributed by atoms with Gasteiger partial charge in [-0.2, -0.15) is 0 Å². The van der Waals surface area contributed by atoms with Crippen LogP contribution in [-0.2, 0) is 5.54 Å². The Kier molecular flexibility index (Phi) is 5.15. The molecule has 0 saturated heterocycles. The molecule has 2 heterocycles. The van der Waals surface area contributed by atoms with E-state index in [9.17, 15) is 18.0 Å². The highest BCUT2D eigenvalue weighted by molar-refractivity contribution is 8.13. The number of thioether (sulfide) groups is 1. The number of methoxy groups -OCH3 is 1. The number of aromatic nitrogens is 1. The number of nitrogens with zero attached hydrogens (tertiary/aromatic N) is 2. The van der Waals surface area contributed by atoms with Crippen molar-refractivity contribution >= 4 is 28.5 Å². The third-order valence-electron chi connectivity index (χ3n) is 6.01. The van der Waals surface area contributed by atoms with E-state index in [0.29, 0.717) is 17.2 Å². The van der Waals surface area contributed by atoms with Gasteiger partial charge in [0.25, 0.3) is 5.91 Å². The number of amides is 1. The number of anilines is 1. The maximum atomic E-state index is 14.9. The summed E-state index contributed by atoms with van der Waals surface area (Å²) in [6.07, 6.45) is 0.613. The van der Waals surface area contributed by atoms with Crippen molar-refractivity contribution in [3.8, 4) is 5.75 Å². The molecule has 1 atom stereocenters. The van der Waals surface area contributed by atoms with Crippen LogP contribution >= 0.6 is 11.8 Å². The van der Waals surface area contributed by atoms with Crippen LogP contribution in [0, 0.1) is 11.2 Å². The van der Waals surface area contributed by atoms with Gasteiger partial charge >= 0.3 is 0 Å². The predicted molar refractivity (Wildman–Crippen MR) is 113 cm³/mol. The van der Waals surface area contributed by atoms with Crippen LogP contribution in [0.25, 0.3) is 0 Å². The molecule has 1 aromatic carbocycles. The summed E-state index contributed by atoms with van der Waals surface area (Å²) in [7, 11) is 1.49. The number of hydrogen-bond acceptors (Lipinski definition) is 6. The van der Waals surface area contributed by atoms with Crippen LogP contribution in [0.5, 0.6) is 5.75 Å². The van der Waals surface area contributed by atoms with Gasteiger partial charge in [-0.05, 0) is 37.3 Å². The second kappa shape index (κ2) is 7.44. The molecule has 0 unspecified atom stereocenters. The summed E-state index contributed by atoms with van der Waals surface area (Å²) in [6, 6.07) is 7.11. The standard InChI is InChI=1S/C21H21F3N4O2S/c1-19(20(9-21(23,24)10-20)11-31-18(25)28-19)14-7-12(3-5-15(14)22)27-17(29)16-6-4-13(30-2)8-26-16/h3-8H,9-11H2,1-2H3,(H2,25,28)(H,27,29)/t19-/m1/s1. The molecule has 6 nitrogen and oxygen atoms in total. The number of nitrogens with one attached hydrogen (secondary N) is 1. The van der Waals surface area contributed by atoms with E-state index in [2.05, 4.69) is 15.3 Å². The topological polar surface area (TPSA) is 89.6 Å². The fourth-order valence-corrected chi connectivity index (χ4v) is 5.42. The Morgan fingerprint density at radius 2 is 2.00 bits per heavy atom. The minimum Gasteiger partial charge on any atom is -0.495 e. The zero-order valence-corrected chi connectivity index (χ0v) is 17.7. The highest BCUT2D eigenvalue weighted by Gasteiger charge is 2.66. The lowest BCUT2D eigenvalue weighted by Crippen LogP contribution is -2.60. The number of aliphatic imine (C=N–C) groups is 1. The number of benzene rings is 1. The van der Waals surface area contributed by atoms with Crippen molar-refractivity contribution in [3.63, 3.8) is 0 Å². The van der Waals surface area contributed by atoms with Crippen LogP contribution in [0.2, 0.25) is 0 Å². The maximum Gasteiger partial charge on any atom is 0.274 e. The van der Waals surface area contributed by atoms with E-state index in [4.69, 9.17) is 10.5 Å². The molecule has 2 aliphatic rings. The first-order valence-electron chi connectivity index (χ1n) is 9.55. The molecule has 10 heteroatoms. The molecule has 1 aliphatic heterocycles. The zero-order valence-electron chi connectivity index (χ0n) is 16.9. The molecule has 0 bridgehead atoms. The zero-order chi connectivity index (χ0) is 22.4. The quantitative estimate of drug-likeness (QED) is 0.730. The molecule has 1 aliphatic carbocycles. The predicted octanol–water partition coefficient (Wildman–Crippen LogP) is 4.17. The monoisotopic (exact) mass is 450 g/mol. The van der Waals surface area contributed by atoms with Crippen molar-refractivity contribution in [2.75, 3.05) is 18.2 Å². The number of rotatable bonds is 4. The summed E-state index contributed by atoms with van der Waals surface area (Å²) in [5.41, 5.74) is 4.25. The number of hydrogen-bond donors (Lipinski definition) is 2. The van der Waals surface area contributed by atoms with Crippen LogP contribution in [0.15, 0.2) is 41.5 Å². The molecule has 3 N–H and O–H groups in total. The average Bonchev–Trinajstić information content (AvgIpc) is 2.71. The molecule has 1 spiro atoms. The molecule has 1 saturated carbocycles. The Hall–Kier alpha value is -2.75. The van der Waals surface area contributed by atoms with Gasteiger partial charge in [0.15, 0.2) is 5.17 Å². The van der Waals surface area contributed by atoms with E-state index < -0.39 is 41.4 Å². The van der Waals surface area contributed by atoms with Crippen LogP contribution < -0.4 is 15.8 Å². The summed E-state index contributed by atoms with van der Waals surface area (Å²) < 4.78 is 47.7. The Labute approximate surface area is 181 Å². The lowest BCUT2D eigenvalue weighted by atomic mass is 9.55. The minimum atomic E-state index is -2.81. The van der Waals surface area contributed by atoms with Gasteiger partial charge in [0.2, 0.25) is 5.92 Å². The lowest BCUT2D eigenvalue weighted by molar-refractivity contribution is -0.178. The highest BCUT2D eigenvalue weighted by Crippen LogP contribution is 2.65. The number of ether oxygens (including phenoxy) is 1. The van der Waals surface area contributed by atoms with Crippen molar-refractivity contribution in [1.82, 2.24) is 4.98 Å². The van der Waals surface area contributed by atoms with Gasteiger partial charge in [-0.25, -0.2) is 18.2 Å². The molecular formula is C21H21F3N4O2S. The van der Waals surface area contributed by atoms with E-state index in [0.717, 1.165) is 0 Å². The van der Waals surface area contributed by atoms with Crippen molar-refractivity contribution in [2.24, 2.45) is 16.1 Å². The SMILES string of the molecule is COc1ccc(C(=O)Nc2ccc(F)c([C@@]3(C)N=C(N)SCC34CC(F)(F)C4)c2)nc1. The molecule has 2 aromatic rings. The molecule has 1 fully saturated rings. The first-order valence-corrected chi connectivity index (χ1v) is 10.5. The van der Waals surface area contributed by atoms with Gasteiger partial charge in [-0.3, -0.25) is 9.79 Å². The van der Waals surface area contributed by atoms with E-state index in [-0.39, 0.29) is 16.4 Å². The summed E-state index contributed by atoms with van der Waals surface area (Å²) in [5, 5.41) is 2.89. The Morgan fingerprint density at radius 1 is 1.26 bits per heavy atom. The Bertz CT molecular complexity index is 1050. The van der Waals surface area contributed by atoms with E-state index in [1.54, 1.807) is 13.0 Å². The number of amidine groups is 1. The molecule has 4 rings (SSSR count). The number of alkyl halides is 2. The van der Waals surface area contributed by atoms with Gasteiger partial charge in [0, 0.05) is 35.3 Å². The number of halogens is 3. The maximum absolute atomic E-state index is 14.9. The molecule has 1 aromatic heterocycles. The molecule has 31 heavy (non-hydrogen) atoms. The van der Waals surface area contributed by atoms with Gasteiger partial charge < -0.3 is 15.8 Å². The summed E-state index contributed by atoms with van der Waals surface area (Å²) in [4.78, 5) is 21.0.